The predicted octanol–water partition coefficient (Wildman–Crippen LogP) is -1.96. The summed E-state index contributed by atoms with van der Waals surface area (Å²) in [6.45, 7) is 9.61. The zero-order valence-electron chi connectivity index (χ0n) is 6.64. The second-order valence-corrected chi connectivity index (χ2v) is 1.51. The third kappa shape index (κ3) is 11.0. The summed E-state index contributed by atoms with van der Waals surface area (Å²) in [6.07, 6.45) is 1.50. The Balaban J connectivity index is 0. The van der Waals surface area contributed by atoms with E-state index < -0.39 is 0 Å². The molecular formula is C7H13LiO2. The van der Waals surface area contributed by atoms with Crippen molar-refractivity contribution in [3.8, 4) is 0 Å². The molecule has 0 aromatic heterocycles. The van der Waals surface area contributed by atoms with Crippen LogP contribution in [0.15, 0.2) is 12.7 Å². The maximum Gasteiger partial charge on any atom is 1.00 e. The molecule has 0 atom stereocenters. The van der Waals surface area contributed by atoms with Crippen LogP contribution in [0.4, 0.5) is 0 Å². The number of ether oxygens (including phenoxy) is 2. The molecule has 3 heteroatoms. The molecule has 0 unspecified atom stereocenters. The summed E-state index contributed by atoms with van der Waals surface area (Å²) in [4.78, 5) is 0. The Hall–Kier alpha value is 0.127. The van der Waals surface area contributed by atoms with E-state index in [-0.39, 0.29) is 18.9 Å². The fraction of sp³-hybridized carbons (Fsp3) is 0.571. The first-order valence-corrected chi connectivity index (χ1v) is 2.97. The van der Waals surface area contributed by atoms with Gasteiger partial charge in [0.15, 0.2) is 0 Å². The van der Waals surface area contributed by atoms with Crippen molar-refractivity contribution in [3.63, 3.8) is 0 Å². The van der Waals surface area contributed by atoms with Crippen LogP contribution in [0.2, 0.25) is 0 Å². The van der Waals surface area contributed by atoms with Gasteiger partial charge in [0, 0.05) is 0 Å². The van der Waals surface area contributed by atoms with Crippen LogP contribution in [-0.2, 0) is 9.47 Å². The minimum atomic E-state index is 0. The minimum absolute atomic E-state index is 0. The molecule has 1 rings (SSSR count). The van der Waals surface area contributed by atoms with Gasteiger partial charge in [-0.05, 0) is 0 Å². The average molecular weight is 136 g/mol. The second-order valence-electron chi connectivity index (χ2n) is 1.51. The largest absolute Gasteiger partial charge is 1.00 e. The van der Waals surface area contributed by atoms with Crippen molar-refractivity contribution >= 4 is 0 Å². The molecule has 0 bridgehead atoms. The van der Waals surface area contributed by atoms with Gasteiger partial charge in [-0.1, -0.05) is 0 Å². The molecule has 0 aromatic rings. The summed E-state index contributed by atoms with van der Waals surface area (Å²) in [5, 5.41) is 0. The SMILES string of the molecule is C1COCCO1.C=C[CH2-].[Li+]. The summed E-state index contributed by atoms with van der Waals surface area (Å²) >= 11 is 0. The molecule has 0 N–H and O–H groups in total. The molecule has 2 nitrogen and oxygen atoms in total. The molecule has 0 aromatic carbocycles. The van der Waals surface area contributed by atoms with Gasteiger partial charge in [-0.2, -0.15) is 0 Å². The Morgan fingerprint density at radius 3 is 1.40 bits per heavy atom. The van der Waals surface area contributed by atoms with Crippen LogP contribution in [0.25, 0.3) is 0 Å². The van der Waals surface area contributed by atoms with Gasteiger partial charge in [0.05, 0.1) is 26.4 Å². The van der Waals surface area contributed by atoms with Gasteiger partial charge < -0.3 is 9.47 Å². The van der Waals surface area contributed by atoms with Crippen LogP contribution in [0.3, 0.4) is 0 Å². The second kappa shape index (κ2) is 11.9. The molecule has 1 heterocycles. The van der Waals surface area contributed by atoms with E-state index in [1.807, 2.05) is 0 Å². The molecule has 1 saturated heterocycles. The van der Waals surface area contributed by atoms with Crippen molar-refractivity contribution in [1.82, 2.24) is 0 Å². The van der Waals surface area contributed by atoms with Crippen molar-refractivity contribution < 1.29 is 28.3 Å². The molecule has 1 fully saturated rings. The average Bonchev–Trinajstić information content (AvgIpc) is 1.93. The van der Waals surface area contributed by atoms with Crippen molar-refractivity contribution in [3.05, 3.63) is 19.6 Å². The van der Waals surface area contributed by atoms with Crippen molar-refractivity contribution in [1.29, 1.82) is 0 Å². The van der Waals surface area contributed by atoms with E-state index in [2.05, 4.69) is 13.5 Å². The van der Waals surface area contributed by atoms with Gasteiger partial charge in [0.1, 0.15) is 0 Å². The monoisotopic (exact) mass is 136 g/mol. The smallest absolute Gasteiger partial charge is 0.377 e. The first kappa shape index (κ1) is 12.8. The van der Waals surface area contributed by atoms with E-state index in [4.69, 9.17) is 9.47 Å². The fourth-order valence-electron chi connectivity index (χ4n) is 0.440. The standard InChI is InChI=1S/C4H8O2.C3H5.Li/c1-2-6-4-3-5-1;1-3-2;/h1-4H2;3H,1-2H2;/q;-1;+1. The maximum absolute atomic E-state index is 4.94. The van der Waals surface area contributed by atoms with E-state index in [1.165, 1.54) is 6.08 Å². The van der Waals surface area contributed by atoms with Crippen LogP contribution in [0.1, 0.15) is 0 Å². The van der Waals surface area contributed by atoms with E-state index >= 15 is 0 Å². The maximum atomic E-state index is 4.94. The third-order valence-corrected chi connectivity index (χ3v) is 0.744. The van der Waals surface area contributed by atoms with Gasteiger partial charge in [0.25, 0.3) is 0 Å². The Kier molecular flexibility index (Phi) is 15.2. The van der Waals surface area contributed by atoms with Gasteiger partial charge >= 0.3 is 18.9 Å². The third-order valence-electron chi connectivity index (χ3n) is 0.744. The molecular weight excluding hydrogens is 123 g/mol. The first-order valence-electron chi connectivity index (χ1n) is 2.97. The Bertz CT molecular complexity index is 51.1. The zero-order valence-corrected chi connectivity index (χ0v) is 6.64. The van der Waals surface area contributed by atoms with Gasteiger partial charge in [-0.3, -0.25) is 0 Å². The number of hydrogen-bond acceptors (Lipinski definition) is 2. The topological polar surface area (TPSA) is 18.5 Å². The van der Waals surface area contributed by atoms with E-state index in [0.717, 1.165) is 26.4 Å². The predicted molar refractivity (Wildman–Crippen MR) is 37.2 cm³/mol. The molecule has 0 saturated carbocycles. The molecule has 0 spiro atoms. The van der Waals surface area contributed by atoms with E-state index in [0.29, 0.717) is 0 Å². The fourth-order valence-corrected chi connectivity index (χ4v) is 0.440. The summed E-state index contributed by atoms with van der Waals surface area (Å²) < 4.78 is 9.89. The van der Waals surface area contributed by atoms with Gasteiger partial charge in [-0.15, -0.1) is 0 Å². The van der Waals surface area contributed by atoms with Crippen LogP contribution < -0.4 is 18.9 Å². The van der Waals surface area contributed by atoms with Crippen molar-refractivity contribution in [2.75, 3.05) is 26.4 Å². The molecule has 10 heavy (non-hydrogen) atoms. The molecule has 54 valence electrons. The Morgan fingerprint density at radius 2 is 1.30 bits per heavy atom. The quantitative estimate of drug-likeness (QED) is 0.284. The molecule has 1 aliphatic heterocycles. The summed E-state index contributed by atoms with van der Waals surface area (Å²) in [5.41, 5.74) is 0. The van der Waals surface area contributed by atoms with E-state index in [1.54, 1.807) is 0 Å². The minimum Gasteiger partial charge on any atom is -0.377 e. The normalized spacial score (nSPS) is 15.6. The number of allylic oxidation sites excluding steroid dienone is 1. The van der Waals surface area contributed by atoms with E-state index in [9.17, 15) is 0 Å². The van der Waals surface area contributed by atoms with Crippen LogP contribution in [0, 0.1) is 6.92 Å². The molecule has 0 radical (unpaired) electrons. The molecule has 0 aliphatic carbocycles. The zero-order chi connectivity index (χ0) is 6.95. The van der Waals surface area contributed by atoms with Crippen LogP contribution in [0.5, 0.6) is 0 Å². The van der Waals surface area contributed by atoms with Crippen LogP contribution >= 0.6 is 0 Å². The van der Waals surface area contributed by atoms with Gasteiger partial charge in [0.2, 0.25) is 0 Å². The number of hydrogen-bond donors (Lipinski definition) is 0. The molecule has 1 aliphatic rings. The number of rotatable bonds is 0. The summed E-state index contributed by atoms with van der Waals surface area (Å²) in [7, 11) is 0. The van der Waals surface area contributed by atoms with Crippen molar-refractivity contribution in [2.45, 2.75) is 0 Å². The first-order chi connectivity index (χ1) is 4.41. The van der Waals surface area contributed by atoms with Gasteiger partial charge in [-0.25, -0.2) is 19.6 Å². The van der Waals surface area contributed by atoms with Crippen LogP contribution in [-0.4, -0.2) is 26.4 Å². The Morgan fingerprint density at radius 1 is 1.10 bits per heavy atom. The Labute approximate surface area is 74.8 Å². The van der Waals surface area contributed by atoms with Crippen molar-refractivity contribution in [2.24, 2.45) is 0 Å². The summed E-state index contributed by atoms with van der Waals surface area (Å²) in [5.74, 6) is 0. The molecule has 0 amide bonds. The summed E-state index contributed by atoms with van der Waals surface area (Å²) in [6, 6.07) is 0.